The maximum absolute atomic E-state index is 5.26. The van der Waals surface area contributed by atoms with Crippen LogP contribution in [0.3, 0.4) is 0 Å². The van der Waals surface area contributed by atoms with E-state index in [0.717, 1.165) is 10.6 Å². The number of benzene rings is 1. The third-order valence-corrected chi connectivity index (χ3v) is 2.77. The number of para-hydroxylation sites is 1. The molecule has 0 aliphatic heterocycles. The Bertz CT molecular complexity index is 434. The Balaban J connectivity index is 2.32. The van der Waals surface area contributed by atoms with Crippen molar-refractivity contribution in [3.63, 3.8) is 0 Å². The smallest absolute Gasteiger partial charge is 0.231 e. The van der Waals surface area contributed by atoms with E-state index < -0.39 is 0 Å². The molecule has 0 saturated heterocycles. The van der Waals surface area contributed by atoms with E-state index in [9.17, 15) is 0 Å². The van der Waals surface area contributed by atoms with E-state index in [2.05, 4.69) is 4.99 Å². The monoisotopic (exact) mass is 217 g/mol. The molecule has 2 aromatic rings. The van der Waals surface area contributed by atoms with Gasteiger partial charge in [0.25, 0.3) is 0 Å². The average molecular weight is 217 g/mol. The zero-order valence-corrected chi connectivity index (χ0v) is 9.20. The quantitative estimate of drug-likeness (QED) is 0.557. The van der Waals surface area contributed by atoms with Gasteiger partial charge in [-0.15, -0.1) is 11.3 Å². The Kier molecular flexibility index (Phi) is 3.15. The number of nitrogens with zero attached hydrogens (tertiary/aromatic N) is 1. The molecule has 0 amide bonds. The molecular weight excluding hydrogens is 206 g/mol. The first-order chi connectivity index (χ1) is 7.40. The molecule has 0 N–H and O–H groups in total. The second-order valence-electron chi connectivity index (χ2n) is 2.93. The zero-order chi connectivity index (χ0) is 10.5. The van der Waals surface area contributed by atoms with Gasteiger partial charge in [-0.05, 0) is 23.6 Å². The standard InChI is InChI=1S/C12H11NOS/c1-14-12(11-8-5-9-15-11)13-10-6-3-2-4-7-10/h2-9H,1H3. The molecule has 2 nitrogen and oxygen atoms in total. The summed E-state index contributed by atoms with van der Waals surface area (Å²) >= 11 is 1.62. The van der Waals surface area contributed by atoms with Gasteiger partial charge in [-0.1, -0.05) is 24.3 Å². The molecule has 0 aliphatic rings. The van der Waals surface area contributed by atoms with Crippen LogP contribution >= 0.6 is 11.3 Å². The predicted molar refractivity (Wildman–Crippen MR) is 64.0 cm³/mol. The van der Waals surface area contributed by atoms with Crippen molar-refractivity contribution < 1.29 is 4.74 Å². The summed E-state index contributed by atoms with van der Waals surface area (Å²) in [7, 11) is 1.64. The third kappa shape index (κ3) is 2.44. The average Bonchev–Trinajstić information content (AvgIpc) is 2.81. The number of hydrogen-bond donors (Lipinski definition) is 0. The number of thiophene rings is 1. The lowest BCUT2D eigenvalue weighted by Gasteiger charge is -2.01. The van der Waals surface area contributed by atoms with Gasteiger partial charge in [0.05, 0.1) is 17.7 Å². The molecule has 0 spiro atoms. The van der Waals surface area contributed by atoms with E-state index in [1.165, 1.54) is 0 Å². The molecule has 2 rings (SSSR count). The Hall–Kier alpha value is -1.61. The molecule has 0 unspecified atom stereocenters. The first-order valence-electron chi connectivity index (χ1n) is 4.62. The van der Waals surface area contributed by atoms with Crippen molar-refractivity contribution in [1.82, 2.24) is 0 Å². The molecule has 1 aromatic carbocycles. The summed E-state index contributed by atoms with van der Waals surface area (Å²) in [6, 6.07) is 13.8. The fraction of sp³-hybridized carbons (Fsp3) is 0.0833. The van der Waals surface area contributed by atoms with E-state index in [-0.39, 0.29) is 0 Å². The highest BCUT2D eigenvalue weighted by Gasteiger charge is 2.03. The molecule has 1 aromatic heterocycles. The normalized spacial score (nSPS) is 11.4. The van der Waals surface area contributed by atoms with E-state index in [4.69, 9.17) is 4.74 Å². The van der Waals surface area contributed by atoms with Gasteiger partial charge in [-0.2, -0.15) is 0 Å². The van der Waals surface area contributed by atoms with Crippen molar-refractivity contribution in [2.45, 2.75) is 0 Å². The maximum Gasteiger partial charge on any atom is 0.231 e. The number of hydrogen-bond acceptors (Lipinski definition) is 3. The van der Waals surface area contributed by atoms with Crippen LogP contribution in [0.4, 0.5) is 5.69 Å². The SMILES string of the molecule is COC(=Nc1ccccc1)c1cccs1. The summed E-state index contributed by atoms with van der Waals surface area (Å²) in [6.07, 6.45) is 0. The van der Waals surface area contributed by atoms with Crippen LogP contribution in [0.1, 0.15) is 4.88 Å². The van der Waals surface area contributed by atoms with Crippen LogP contribution < -0.4 is 0 Å². The first-order valence-corrected chi connectivity index (χ1v) is 5.50. The van der Waals surface area contributed by atoms with Crippen molar-refractivity contribution in [1.29, 1.82) is 0 Å². The molecule has 0 saturated carbocycles. The zero-order valence-electron chi connectivity index (χ0n) is 8.38. The number of ether oxygens (including phenoxy) is 1. The molecule has 15 heavy (non-hydrogen) atoms. The minimum atomic E-state index is 0.663. The highest BCUT2D eigenvalue weighted by atomic mass is 32.1. The van der Waals surface area contributed by atoms with Crippen molar-refractivity contribution in [2.75, 3.05) is 7.11 Å². The summed E-state index contributed by atoms with van der Waals surface area (Å²) < 4.78 is 5.26. The molecule has 76 valence electrons. The van der Waals surface area contributed by atoms with E-state index in [0.29, 0.717) is 5.90 Å². The van der Waals surface area contributed by atoms with Crippen molar-refractivity contribution in [3.05, 3.63) is 52.7 Å². The Labute approximate surface area is 92.9 Å². The summed E-state index contributed by atoms with van der Waals surface area (Å²) in [4.78, 5) is 5.47. The van der Waals surface area contributed by atoms with Crippen LogP contribution in [0.15, 0.2) is 52.8 Å². The molecule has 0 atom stereocenters. The van der Waals surface area contributed by atoms with E-state index >= 15 is 0 Å². The van der Waals surface area contributed by atoms with Gasteiger partial charge in [-0.25, -0.2) is 4.99 Å². The predicted octanol–water partition coefficient (Wildman–Crippen LogP) is 3.47. The summed E-state index contributed by atoms with van der Waals surface area (Å²) in [5.41, 5.74) is 0.905. The lowest BCUT2D eigenvalue weighted by Crippen LogP contribution is -1.99. The Morgan fingerprint density at radius 2 is 1.93 bits per heavy atom. The Morgan fingerprint density at radius 1 is 1.13 bits per heavy atom. The van der Waals surface area contributed by atoms with Crippen LogP contribution in [0.25, 0.3) is 0 Å². The van der Waals surface area contributed by atoms with E-state index in [1.54, 1.807) is 18.4 Å². The number of rotatable bonds is 2. The fourth-order valence-corrected chi connectivity index (χ4v) is 1.91. The van der Waals surface area contributed by atoms with Crippen LogP contribution in [0.2, 0.25) is 0 Å². The largest absolute Gasteiger partial charge is 0.480 e. The molecule has 0 fully saturated rings. The van der Waals surface area contributed by atoms with Crippen molar-refractivity contribution >= 4 is 22.9 Å². The lowest BCUT2D eigenvalue weighted by atomic mass is 10.3. The maximum atomic E-state index is 5.26. The van der Waals surface area contributed by atoms with Gasteiger partial charge in [0.15, 0.2) is 0 Å². The second-order valence-corrected chi connectivity index (χ2v) is 3.88. The van der Waals surface area contributed by atoms with Gasteiger partial charge >= 0.3 is 0 Å². The molecule has 1 heterocycles. The van der Waals surface area contributed by atoms with Gasteiger partial charge in [-0.3, -0.25) is 0 Å². The van der Waals surface area contributed by atoms with Crippen molar-refractivity contribution in [2.24, 2.45) is 4.99 Å². The minimum Gasteiger partial charge on any atom is -0.480 e. The van der Waals surface area contributed by atoms with Crippen molar-refractivity contribution in [3.8, 4) is 0 Å². The number of aliphatic imine (C=N–C) groups is 1. The summed E-state index contributed by atoms with van der Waals surface area (Å²) in [6.45, 7) is 0. The van der Waals surface area contributed by atoms with Crippen LogP contribution in [0, 0.1) is 0 Å². The van der Waals surface area contributed by atoms with Crippen LogP contribution in [-0.2, 0) is 4.74 Å². The van der Waals surface area contributed by atoms with E-state index in [1.807, 2.05) is 47.8 Å². The third-order valence-electron chi connectivity index (χ3n) is 1.91. The summed E-state index contributed by atoms with van der Waals surface area (Å²) in [5, 5.41) is 2.01. The molecule has 0 aliphatic carbocycles. The van der Waals surface area contributed by atoms with Gasteiger partial charge in [0.2, 0.25) is 5.90 Å². The highest BCUT2D eigenvalue weighted by Crippen LogP contribution is 2.16. The molecule has 0 bridgehead atoms. The van der Waals surface area contributed by atoms with Crippen LogP contribution in [-0.4, -0.2) is 13.0 Å². The number of methoxy groups -OCH3 is 1. The highest BCUT2D eigenvalue weighted by molar-refractivity contribution is 7.12. The van der Waals surface area contributed by atoms with Crippen LogP contribution in [0.5, 0.6) is 0 Å². The first kappa shape index (κ1) is 9.93. The molecule has 3 heteroatoms. The summed E-state index contributed by atoms with van der Waals surface area (Å²) in [5.74, 6) is 0.663. The topological polar surface area (TPSA) is 21.6 Å². The minimum absolute atomic E-state index is 0.663. The van der Waals surface area contributed by atoms with Gasteiger partial charge < -0.3 is 4.74 Å². The Morgan fingerprint density at radius 3 is 2.53 bits per heavy atom. The lowest BCUT2D eigenvalue weighted by molar-refractivity contribution is 0.406. The van der Waals surface area contributed by atoms with Gasteiger partial charge in [0, 0.05) is 0 Å². The fourth-order valence-electron chi connectivity index (χ4n) is 1.22. The molecule has 0 radical (unpaired) electrons. The second kappa shape index (κ2) is 4.75. The van der Waals surface area contributed by atoms with Gasteiger partial charge in [0.1, 0.15) is 0 Å². The molecular formula is C12H11NOS.